The van der Waals surface area contributed by atoms with Crippen LogP contribution < -0.4 is 4.72 Å². The topological polar surface area (TPSA) is 66.5 Å². The van der Waals surface area contributed by atoms with Gasteiger partial charge in [-0.3, -0.25) is 4.79 Å². The SMILES string of the molecule is C[C@@H](NS(=O)(=O)c1cc(Cl)ccc1Cl)C(=O)N1CCCC1. The lowest BCUT2D eigenvalue weighted by Crippen LogP contribution is -2.45. The predicted molar refractivity (Wildman–Crippen MR) is 82.1 cm³/mol. The molecule has 8 heteroatoms. The van der Waals surface area contributed by atoms with E-state index >= 15 is 0 Å². The first kappa shape index (κ1) is 16.5. The van der Waals surface area contributed by atoms with E-state index in [2.05, 4.69) is 4.72 Å². The lowest BCUT2D eigenvalue weighted by Gasteiger charge is -2.21. The number of halogens is 2. The highest BCUT2D eigenvalue weighted by Crippen LogP contribution is 2.25. The highest BCUT2D eigenvalue weighted by molar-refractivity contribution is 7.89. The van der Waals surface area contributed by atoms with Crippen LogP contribution in [0.1, 0.15) is 19.8 Å². The fourth-order valence-electron chi connectivity index (χ4n) is 2.24. The number of benzene rings is 1. The van der Waals surface area contributed by atoms with Crippen LogP contribution in [0.15, 0.2) is 23.1 Å². The minimum atomic E-state index is -3.90. The molecule has 0 aromatic heterocycles. The van der Waals surface area contributed by atoms with Gasteiger partial charge in [0.15, 0.2) is 0 Å². The molecule has 116 valence electrons. The van der Waals surface area contributed by atoms with E-state index in [-0.39, 0.29) is 20.8 Å². The van der Waals surface area contributed by atoms with Crippen molar-refractivity contribution in [3.8, 4) is 0 Å². The molecule has 0 bridgehead atoms. The molecule has 0 aliphatic carbocycles. The number of hydrogen-bond acceptors (Lipinski definition) is 3. The maximum atomic E-state index is 12.3. The van der Waals surface area contributed by atoms with Crippen LogP contribution in [0.5, 0.6) is 0 Å². The number of amides is 1. The van der Waals surface area contributed by atoms with E-state index in [4.69, 9.17) is 23.2 Å². The zero-order valence-electron chi connectivity index (χ0n) is 11.5. The molecule has 1 saturated heterocycles. The molecular formula is C13H16Cl2N2O3S. The monoisotopic (exact) mass is 350 g/mol. The Bertz CT molecular complexity index is 643. The van der Waals surface area contributed by atoms with Crippen molar-refractivity contribution in [2.45, 2.75) is 30.7 Å². The molecule has 1 fully saturated rings. The van der Waals surface area contributed by atoms with Gasteiger partial charge in [-0.15, -0.1) is 0 Å². The van der Waals surface area contributed by atoms with Crippen LogP contribution in [0.4, 0.5) is 0 Å². The van der Waals surface area contributed by atoms with E-state index in [0.717, 1.165) is 12.8 Å². The maximum absolute atomic E-state index is 12.3. The quantitative estimate of drug-likeness (QED) is 0.905. The molecule has 1 aromatic carbocycles. The van der Waals surface area contributed by atoms with Gasteiger partial charge in [-0.1, -0.05) is 23.2 Å². The van der Waals surface area contributed by atoms with Crippen molar-refractivity contribution >= 4 is 39.1 Å². The molecule has 0 saturated carbocycles. The standard InChI is InChI=1S/C13H16Cl2N2O3S/c1-9(13(18)17-6-2-3-7-17)16-21(19,20)12-8-10(14)4-5-11(12)15/h4-5,8-9,16H,2-3,6-7H2,1H3/t9-/m1/s1. The lowest BCUT2D eigenvalue weighted by molar-refractivity contribution is -0.131. The van der Waals surface area contributed by atoms with E-state index in [1.165, 1.54) is 25.1 Å². The maximum Gasteiger partial charge on any atom is 0.242 e. The van der Waals surface area contributed by atoms with Crippen LogP contribution in [-0.2, 0) is 14.8 Å². The molecule has 1 aliphatic heterocycles. The van der Waals surface area contributed by atoms with E-state index in [1.54, 1.807) is 4.90 Å². The smallest absolute Gasteiger partial charge is 0.242 e. The summed E-state index contributed by atoms with van der Waals surface area (Å²) in [6.45, 7) is 2.86. The van der Waals surface area contributed by atoms with Gasteiger partial charge in [0.05, 0.1) is 11.1 Å². The van der Waals surface area contributed by atoms with Gasteiger partial charge in [0.2, 0.25) is 15.9 Å². The Labute approximate surface area is 134 Å². The third-order valence-corrected chi connectivity index (χ3v) is 5.56. The summed E-state index contributed by atoms with van der Waals surface area (Å²) >= 11 is 11.7. The van der Waals surface area contributed by atoms with Crippen molar-refractivity contribution in [1.82, 2.24) is 9.62 Å². The van der Waals surface area contributed by atoms with E-state index in [1.807, 2.05) is 0 Å². The summed E-state index contributed by atoms with van der Waals surface area (Å²) in [5.74, 6) is -0.228. The molecule has 21 heavy (non-hydrogen) atoms. The molecule has 0 unspecified atom stereocenters. The van der Waals surface area contributed by atoms with Gasteiger partial charge in [-0.05, 0) is 38.0 Å². The first-order chi connectivity index (χ1) is 9.81. The Hall–Kier alpha value is -0.820. The fraction of sp³-hybridized carbons (Fsp3) is 0.462. The molecule has 1 aliphatic rings. The molecule has 2 rings (SSSR count). The van der Waals surface area contributed by atoms with Gasteiger partial charge in [-0.2, -0.15) is 4.72 Å². The van der Waals surface area contributed by atoms with Gasteiger partial charge >= 0.3 is 0 Å². The van der Waals surface area contributed by atoms with E-state index < -0.39 is 16.1 Å². The summed E-state index contributed by atoms with van der Waals surface area (Å²) in [4.78, 5) is 13.7. The molecule has 0 spiro atoms. The first-order valence-corrected chi connectivity index (χ1v) is 8.81. The summed E-state index contributed by atoms with van der Waals surface area (Å²) in [6, 6.07) is 3.33. The fourth-order valence-corrected chi connectivity index (χ4v) is 4.20. The van der Waals surface area contributed by atoms with Crippen molar-refractivity contribution in [3.63, 3.8) is 0 Å². The average molecular weight is 351 g/mol. The minimum absolute atomic E-state index is 0.0627. The molecule has 5 nitrogen and oxygen atoms in total. The van der Waals surface area contributed by atoms with Crippen LogP contribution in [0.2, 0.25) is 10.0 Å². The van der Waals surface area contributed by atoms with Gasteiger partial charge in [0, 0.05) is 18.1 Å². The summed E-state index contributed by atoms with van der Waals surface area (Å²) in [7, 11) is -3.90. The molecule has 1 atom stereocenters. The van der Waals surface area contributed by atoms with Crippen LogP contribution in [0.3, 0.4) is 0 Å². The van der Waals surface area contributed by atoms with Crippen molar-refractivity contribution in [2.75, 3.05) is 13.1 Å². The molecule has 0 radical (unpaired) electrons. The number of sulfonamides is 1. The Morgan fingerprint density at radius 3 is 2.52 bits per heavy atom. The molecule has 1 aromatic rings. The van der Waals surface area contributed by atoms with Crippen LogP contribution >= 0.6 is 23.2 Å². The summed E-state index contributed by atoms with van der Waals surface area (Å²) in [5.41, 5.74) is 0. The van der Waals surface area contributed by atoms with Gasteiger partial charge in [-0.25, -0.2) is 8.42 Å². The van der Waals surface area contributed by atoms with Gasteiger partial charge in [0.1, 0.15) is 4.90 Å². The van der Waals surface area contributed by atoms with Crippen molar-refractivity contribution in [2.24, 2.45) is 0 Å². The number of rotatable bonds is 4. The number of nitrogens with one attached hydrogen (secondary N) is 1. The minimum Gasteiger partial charge on any atom is -0.341 e. The number of nitrogens with zero attached hydrogens (tertiary/aromatic N) is 1. The normalized spacial score (nSPS) is 17.0. The summed E-state index contributed by atoms with van der Waals surface area (Å²) in [5, 5.41) is 0.325. The number of likely N-dealkylation sites (tertiary alicyclic amines) is 1. The first-order valence-electron chi connectivity index (χ1n) is 6.57. The molecular weight excluding hydrogens is 335 g/mol. The highest BCUT2D eigenvalue weighted by atomic mass is 35.5. The van der Waals surface area contributed by atoms with Gasteiger partial charge in [0.25, 0.3) is 0 Å². The number of carbonyl (C=O) groups excluding carboxylic acids is 1. The Balaban J connectivity index is 2.16. The van der Waals surface area contributed by atoms with Crippen LogP contribution in [0.25, 0.3) is 0 Å². The largest absolute Gasteiger partial charge is 0.341 e. The predicted octanol–water partition coefficient (Wildman–Crippen LogP) is 2.28. The number of carbonyl (C=O) groups is 1. The second-order valence-electron chi connectivity index (χ2n) is 4.95. The highest BCUT2D eigenvalue weighted by Gasteiger charge is 2.28. The number of hydrogen-bond donors (Lipinski definition) is 1. The second kappa shape index (κ2) is 6.52. The molecule has 1 heterocycles. The van der Waals surface area contributed by atoms with Crippen LogP contribution in [-0.4, -0.2) is 38.4 Å². The van der Waals surface area contributed by atoms with Gasteiger partial charge < -0.3 is 4.90 Å². The Kier molecular flexibility index (Phi) is 5.14. The third kappa shape index (κ3) is 3.88. The molecule has 1 N–H and O–H groups in total. The van der Waals surface area contributed by atoms with Crippen molar-refractivity contribution in [3.05, 3.63) is 28.2 Å². The summed E-state index contributed by atoms with van der Waals surface area (Å²) < 4.78 is 27.0. The average Bonchev–Trinajstić information content (AvgIpc) is 2.94. The zero-order chi connectivity index (χ0) is 15.6. The lowest BCUT2D eigenvalue weighted by atomic mass is 10.3. The molecule has 1 amide bonds. The zero-order valence-corrected chi connectivity index (χ0v) is 13.8. The second-order valence-corrected chi connectivity index (χ2v) is 7.48. The van der Waals surface area contributed by atoms with Crippen LogP contribution in [0, 0.1) is 0 Å². The summed E-state index contributed by atoms with van der Waals surface area (Å²) in [6.07, 6.45) is 1.90. The Morgan fingerprint density at radius 1 is 1.29 bits per heavy atom. The van der Waals surface area contributed by atoms with E-state index in [0.29, 0.717) is 13.1 Å². The van der Waals surface area contributed by atoms with Crippen molar-refractivity contribution in [1.29, 1.82) is 0 Å². The third-order valence-electron chi connectivity index (χ3n) is 3.30. The Morgan fingerprint density at radius 2 is 1.90 bits per heavy atom. The van der Waals surface area contributed by atoms with E-state index in [9.17, 15) is 13.2 Å². The van der Waals surface area contributed by atoms with Crippen molar-refractivity contribution < 1.29 is 13.2 Å².